The largest absolute Gasteiger partial charge is 0.513 e. The highest BCUT2D eigenvalue weighted by Crippen LogP contribution is 2.32. The monoisotopic (exact) mass is 406 g/mol. The summed E-state index contributed by atoms with van der Waals surface area (Å²) in [6.07, 6.45) is 4.28. The summed E-state index contributed by atoms with van der Waals surface area (Å²) >= 11 is 0. The van der Waals surface area contributed by atoms with E-state index in [1.807, 2.05) is 0 Å². The lowest BCUT2D eigenvalue weighted by Crippen LogP contribution is -2.47. The molecule has 0 aromatic heterocycles. The Labute approximate surface area is 169 Å². The molecular formula is C20H26N2O7. The molecule has 3 rings (SSSR count). The molecule has 0 spiro atoms. The van der Waals surface area contributed by atoms with Crippen LogP contribution in [-0.4, -0.2) is 54.8 Å². The first-order valence-corrected chi connectivity index (χ1v) is 10.00. The minimum atomic E-state index is -0.922. The second-order valence-electron chi connectivity index (χ2n) is 7.36. The summed E-state index contributed by atoms with van der Waals surface area (Å²) in [6, 6.07) is 5.15. The lowest BCUT2D eigenvalue weighted by molar-refractivity contribution is -0.384. The zero-order chi connectivity index (χ0) is 20.6. The van der Waals surface area contributed by atoms with Crippen LogP contribution >= 0.6 is 0 Å². The van der Waals surface area contributed by atoms with Crippen LogP contribution in [0.5, 0.6) is 5.75 Å². The molecule has 158 valence electrons. The number of hydrogen-bond donors (Lipinski definition) is 0. The van der Waals surface area contributed by atoms with E-state index in [-0.39, 0.29) is 29.9 Å². The third-order valence-electron chi connectivity index (χ3n) is 5.49. The van der Waals surface area contributed by atoms with Crippen LogP contribution in [-0.2, 0) is 14.3 Å². The van der Waals surface area contributed by atoms with Crippen molar-refractivity contribution in [3.8, 4) is 5.75 Å². The highest BCUT2D eigenvalue weighted by atomic mass is 16.7. The van der Waals surface area contributed by atoms with Gasteiger partial charge in [0.2, 0.25) is 5.91 Å². The number of rotatable bonds is 6. The first-order valence-electron chi connectivity index (χ1n) is 10.00. The van der Waals surface area contributed by atoms with Crippen molar-refractivity contribution in [3.05, 3.63) is 34.4 Å². The van der Waals surface area contributed by atoms with Gasteiger partial charge in [-0.3, -0.25) is 14.9 Å². The van der Waals surface area contributed by atoms with Gasteiger partial charge >= 0.3 is 6.16 Å². The van der Waals surface area contributed by atoms with Crippen LogP contribution in [0.4, 0.5) is 10.5 Å². The van der Waals surface area contributed by atoms with E-state index in [1.54, 1.807) is 4.90 Å². The number of carbonyl (C=O) groups excluding carboxylic acids is 2. The lowest BCUT2D eigenvalue weighted by Gasteiger charge is -2.34. The Morgan fingerprint density at radius 2 is 1.79 bits per heavy atom. The van der Waals surface area contributed by atoms with Crippen molar-refractivity contribution < 1.29 is 28.7 Å². The molecule has 1 saturated heterocycles. The van der Waals surface area contributed by atoms with Gasteiger partial charge < -0.3 is 19.1 Å². The smallest absolute Gasteiger partial charge is 0.433 e. The zero-order valence-electron chi connectivity index (χ0n) is 16.3. The number of hydrogen-bond acceptors (Lipinski definition) is 7. The van der Waals surface area contributed by atoms with Crippen molar-refractivity contribution in [1.82, 2.24) is 4.90 Å². The topological polar surface area (TPSA) is 108 Å². The van der Waals surface area contributed by atoms with Gasteiger partial charge in [-0.1, -0.05) is 19.3 Å². The average Bonchev–Trinajstić information content (AvgIpc) is 2.75. The van der Waals surface area contributed by atoms with Crippen molar-refractivity contribution in [1.29, 1.82) is 0 Å². The highest BCUT2D eigenvalue weighted by Gasteiger charge is 2.34. The van der Waals surface area contributed by atoms with E-state index in [1.165, 1.54) is 24.3 Å². The standard InChI is InChI=1S/C20H26N2O7/c23-19(21-10-12-27-13-11-21)18(15-4-2-1-3-5-15)14-28-20(24)29-17-8-6-16(7-9-17)22(25)26/h6-9,15,18H,1-5,10-14H2. The third kappa shape index (κ3) is 5.90. The van der Waals surface area contributed by atoms with Gasteiger partial charge in [-0.15, -0.1) is 0 Å². The van der Waals surface area contributed by atoms with E-state index in [0.717, 1.165) is 32.1 Å². The maximum atomic E-state index is 13.0. The molecule has 1 aliphatic carbocycles. The van der Waals surface area contributed by atoms with E-state index in [0.29, 0.717) is 26.3 Å². The van der Waals surface area contributed by atoms with Crippen LogP contribution in [0.15, 0.2) is 24.3 Å². The number of morpholine rings is 1. The van der Waals surface area contributed by atoms with Gasteiger partial charge in [0.25, 0.3) is 5.69 Å². The van der Waals surface area contributed by atoms with Gasteiger partial charge in [0.15, 0.2) is 0 Å². The fraction of sp³-hybridized carbons (Fsp3) is 0.600. The molecule has 1 heterocycles. The van der Waals surface area contributed by atoms with E-state index in [4.69, 9.17) is 14.2 Å². The summed E-state index contributed by atoms with van der Waals surface area (Å²) in [7, 11) is 0. The molecule has 0 bridgehead atoms. The Balaban J connectivity index is 1.58. The molecule has 2 fully saturated rings. The van der Waals surface area contributed by atoms with E-state index < -0.39 is 17.0 Å². The fourth-order valence-corrected chi connectivity index (χ4v) is 3.88. The van der Waals surface area contributed by atoms with Crippen LogP contribution in [0.2, 0.25) is 0 Å². The van der Waals surface area contributed by atoms with Crippen molar-refractivity contribution in [3.63, 3.8) is 0 Å². The molecule has 0 N–H and O–H groups in total. The summed E-state index contributed by atoms with van der Waals surface area (Å²) in [5.74, 6) is -0.0539. The average molecular weight is 406 g/mol. The molecule has 1 aromatic carbocycles. The van der Waals surface area contributed by atoms with Crippen molar-refractivity contribution >= 4 is 17.7 Å². The number of amides is 1. The van der Waals surface area contributed by atoms with Gasteiger partial charge in [-0.05, 0) is 30.9 Å². The van der Waals surface area contributed by atoms with Gasteiger partial charge in [-0.2, -0.15) is 0 Å². The Morgan fingerprint density at radius 1 is 1.14 bits per heavy atom. The predicted molar refractivity (Wildman–Crippen MR) is 103 cm³/mol. The van der Waals surface area contributed by atoms with Crippen LogP contribution in [0.25, 0.3) is 0 Å². The van der Waals surface area contributed by atoms with E-state index in [9.17, 15) is 19.7 Å². The number of non-ortho nitro benzene ring substituents is 1. The predicted octanol–water partition coefficient (Wildman–Crippen LogP) is 3.17. The summed E-state index contributed by atoms with van der Waals surface area (Å²) in [5, 5.41) is 10.7. The Kier molecular flexibility index (Phi) is 7.40. The summed E-state index contributed by atoms with van der Waals surface area (Å²) < 4.78 is 15.7. The van der Waals surface area contributed by atoms with Crippen molar-refractivity contribution in [2.24, 2.45) is 11.8 Å². The second-order valence-corrected chi connectivity index (χ2v) is 7.36. The summed E-state index contributed by atoms with van der Waals surface area (Å²) in [5.41, 5.74) is -0.0980. The Hall–Kier alpha value is -2.68. The Bertz CT molecular complexity index is 710. The molecule has 0 radical (unpaired) electrons. The number of benzene rings is 1. The van der Waals surface area contributed by atoms with Crippen LogP contribution in [0, 0.1) is 22.0 Å². The number of nitro groups is 1. The van der Waals surface area contributed by atoms with Crippen LogP contribution < -0.4 is 4.74 Å². The molecule has 1 atom stereocenters. The number of ether oxygens (including phenoxy) is 3. The van der Waals surface area contributed by atoms with Gasteiger partial charge in [0.1, 0.15) is 12.4 Å². The number of nitro benzene ring substituents is 1. The quantitative estimate of drug-likeness (QED) is 0.309. The summed E-state index contributed by atoms with van der Waals surface area (Å²) in [4.78, 5) is 37.1. The van der Waals surface area contributed by atoms with Crippen molar-refractivity contribution in [2.45, 2.75) is 32.1 Å². The first kappa shape index (κ1) is 21.0. The van der Waals surface area contributed by atoms with Gasteiger partial charge in [-0.25, -0.2) is 4.79 Å². The maximum Gasteiger partial charge on any atom is 0.513 e. The van der Waals surface area contributed by atoms with E-state index in [2.05, 4.69) is 0 Å². The number of carbonyl (C=O) groups is 2. The highest BCUT2D eigenvalue weighted by molar-refractivity contribution is 5.79. The molecule has 2 aliphatic rings. The molecular weight excluding hydrogens is 380 g/mol. The molecule has 29 heavy (non-hydrogen) atoms. The lowest BCUT2D eigenvalue weighted by atomic mass is 9.79. The minimum absolute atomic E-state index is 0.00309. The van der Waals surface area contributed by atoms with Gasteiger partial charge in [0.05, 0.1) is 24.1 Å². The SMILES string of the molecule is O=C(OCC(C(=O)N1CCOCC1)C1CCCCC1)Oc1ccc([N+](=O)[O-])cc1. The maximum absolute atomic E-state index is 13.0. The second kappa shape index (κ2) is 10.2. The number of nitrogens with zero attached hydrogens (tertiary/aromatic N) is 2. The molecule has 1 aliphatic heterocycles. The third-order valence-corrected chi connectivity index (χ3v) is 5.49. The van der Waals surface area contributed by atoms with Crippen LogP contribution in [0.1, 0.15) is 32.1 Å². The minimum Gasteiger partial charge on any atom is -0.433 e. The van der Waals surface area contributed by atoms with Crippen LogP contribution in [0.3, 0.4) is 0 Å². The van der Waals surface area contributed by atoms with Crippen molar-refractivity contribution in [2.75, 3.05) is 32.9 Å². The normalized spacial score (nSPS) is 18.7. The molecule has 9 nitrogen and oxygen atoms in total. The van der Waals surface area contributed by atoms with E-state index >= 15 is 0 Å². The zero-order valence-corrected chi connectivity index (χ0v) is 16.3. The Morgan fingerprint density at radius 3 is 2.41 bits per heavy atom. The molecule has 1 saturated carbocycles. The summed E-state index contributed by atoms with van der Waals surface area (Å²) in [6.45, 7) is 2.11. The molecule has 1 aromatic rings. The first-order chi connectivity index (χ1) is 14.0. The fourth-order valence-electron chi connectivity index (χ4n) is 3.88. The molecule has 9 heteroatoms. The molecule has 1 amide bonds. The molecule has 1 unspecified atom stereocenters. The van der Waals surface area contributed by atoms with Gasteiger partial charge in [0, 0.05) is 25.2 Å².